The fraction of sp³-hybridized carbons (Fsp3) is 0.269. The van der Waals surface area contributed by atoms with Gasteiger partial charge in [0, 0.05) is 55.5 Å². The van der Waals surface area contributed by atoms with Gasteiger partial charge in [0.05, 0.1) is 11.2 Å². The van der Waals surface area contributed by atoms with Crippen LogP contribution in [0.1, 0.15) is 28.8 Å². The second kappa shape index (κ2) is 7.43. The fourth-order valence-corrected chi connectivity index (χ4v) is 5.01. The molecule has 154 valence electrons. The van der Waals surface area contributed by atoms with E-state index in [1.807, 2.05) is 41.1 Å². The third-order valence-electron chi connectivity index (χ3n) is 6.54. The highest BCUT2D eigenvalue weighted by atomic mass is 16.1. The zero-order valence-corrected chi connectivity index (χ0v) is 17.4. The number of fused-ring (bicyclic) bond motifs is 1. The third kappa shape index (κ3) is 3.26. The first kappa shape index (κ1) is 18.5. The molecule has 2 aliphatic rings. The number of aryl methyl sites for hydroxylation is 2. The monoisotopic (exact) mass is 408 g/mol. The minimum absolute atomic E-state index is 0.168. The van der Waals surface area contributed by atoms with Gasteiger partial charge < -0.3 is 4.57 Å². The Hall–Kier alpha value is -3.31. The van der Waals surface area contributed by atoms with Crippen molar-refractivity contribution < 1.29 is 0 Å². The molecule has 2 aliphatic heterocycles. The molecule has 5 nitrogen and oxygen atoms in total. The van der Waals surface area contributed by atoms with Crippen molar-refractivity contribution in [1.82, 2.24) is 19.4 Å². The maximum absolute atomic E-state index is 13.2. The van der Waals surface area contributed by atoms with Gasteiger partial charge in [-0.05, 0) is 29.9 Å². The lowest BCUT2D eigenvalue weighted by atomic mass is 9.99. The van der Waals surface area contributed by atoms with Crippen molar-refractivity contribution in [2.45, 2.75) is 38.9 Å². The highest BCUT2D eigenvalue weighted by Crippen LogP contribution is 2.26. The van der Waals surface area contributed by atoms with E-state index in [9.17, 15) is 4.79 Å². The number of pyridine rings is 1. The molecule has 31 heavy (non-hydrogen) atoms. The lowest BCUT2D eigenvalue weighted by molar-refractivity contribution is 0.241. The van der Waals surface area contributed by atoms with Crippen molar-refractivity contribution in [2.24, 2.45) is 0 Å². The zero-order valence-electron chi connectivity index (χ0n) is 17.4. The van der Waals surface area contributed by atoms with E-state index < -0.39 is 0 Å². The Bertz CT molecular complexity index is 1340. The first-order chi connectivity index (χ1) is 15.3. The zero-order chi connectivity index (χ0) is 20.8. The van der Waals surface area contributed by atoms with Crippen molar-refractivity contribution in [3.63, 3.8) is 0 Å². The van der Waals surface area contributed by atoms with Crippen molar-refractivity contribution in [2.75, 3.05) is 6.54 Å². The van der Waals surface area contributed by atoms with Gasteiger partial charge in [0.25, 0.3) is 5.56 Å². The predicted octanol–water partition coefficient (Wildman–Crippen LogP) is 3.96. The van der Waals surface area contributed by atoms with Crippen LogP contribution in [0.25, 0.3) is 22.3 Å². The molecule has 2 aromatic heterocycles. The molecular formula is C26H24N4O. The van der Waals surface area contributed by atoms with Crippen LogP contribution in [0.5, 0.6) is 0 Å². The summed E-state index contributed by atoms with van der Waals surface area (Å²) in [5, 5.41) is 1.18. The summed E-state index contributed by atoms with van der Waals surface area (Å²) in [6, 6.07) is 18.6. The van der Waals surface area contributed by atoms with E-state index in [0.717, 1.165) is 72.6 Å². The van der Waals surface area contributed by atoms with Crippen molar-refractivity contribution in [3.05, 3.63) is 93.5 Å². The number of hydrogen-bond acceptors (Lipinski definition) is 4. The van der Waals surface area contributed by atoms with E-state index in [1.165, 1.54) is 10.9 Å². The molecule has 0 aliphatic carbocycles. The average Bonchev–Trinajstić information content (AvgIpc) is 2.82. The van der Waals surface area contributed by atoms with Gasteiger partial charge in [-0.3, -0.25) is 9.69 Å². The van der Waals surface area contributed by atoms with Crippen molar-refractivity contribution in [1.29, 1.82) is 0 Å². The molecule has 0 radical (unpaired) electrons. The largest absolute Gasteiger partial charge is 0.308 e. The van der Waals surface area contributed by atoms with Crippen LogP contribution in [-0.2, 0) is 32.5 Å². The van der Waals surface area contributed by atoms with E-state index in [4.69, 9.17) is 4.98 Å². The Morgan fingerprint density at radius 1 is 0.935 bits per heavy atom. The van der Waals surface area contributed by atoms with Gasteiger partial charge in [-0.15, -0.1) is 0 Å². The summed E-state index contributed by atoms with van der Waals surface area (Å²) in [6.07, 6.45) is 4.93. The first-order valence-corrected chi connectivity index (χ1v) is 11.0. The Kier molecular flexibility index (Phi) is 4.42. The van der Waals surface area contributed by atoms with E-state index in [-0.39, 0.29) is 5.56 Å². The summed E-state index contributed by atoms with van der Waals surface area (Å²) < 4.78 is 2.00. The summed E-state index contributed by atoms with van der Waals surface area (Å²) in [6.45, 7) is 3.16. The van der Waals surface area contributed by atoms with Gasteiger partial charge >= 0.3 is 0 Å². The molecule has 0 amide bonds. The number of benzene rings is 2. The summed E-state index contributed by atoms with van der Waals surface area (Å²) in [7, 11) is 0. The highest BCUT2D eigenvalue weighted by molar-refractivity contribution is 5.83. The summed E-state index contributed by atoms with van der Waals surface area (Å²) in [5.74, 6) is 0.787. The molecule has 0 saturated heterocycles. The molecule has 4 aromatic rings. The lowest BCUT2D eigenvalue weighted by Crippen LogP contribution is -2.35. The quantitative estimate of drug-likeness (QED) is 0.515. The van der Waals surface area contributed by atoms with Crippen LogP contribution < -0.4 is 5.56 Å². The molecule has 0 fully saturated rings. The van der Waals surface area contributed by atoms with Crippen LogP contribution >= 0.6 is 0 Å². The molecule has 0 N–H and O–H groups in total. The number of aromatic nitrogens is 3. The van der Waals surface area contributed by atoms with Crippen molar-refractivity contribution >= 4 is 10.9 Å². The highest BCUT2D eigenvalue weighted by Gasteiger charge is 2.22. The first-order valence-electron chi connectivity index (χ1n) is 11.0. The molecule has 0 atom stereocenters. The van der Waals surface area contributed by atoms with Gasteiger partial charge in [-0.1, -0.05) is 48.5 Å². The van der Waals surface area contributed by atoms with Crippen LogP contribution in [0, 0.1) is 0 Å². The fourth-order valence-electron chi connectivity index (χ4n) is 5.01. The van der Waals surface area contributed by atoms with Crippen LogP contribution in [0.2, 0.25) is 0 Å². The minimum Gasteiger partial charge on any atom is -0.308 e. The second-order valence-electron chi connectivity index (χ2n) is 8.58. The molecular weight excluding hydrogens is 384 g/mol. The normalized spacial score (nSPS) is 15.7. The van der Waals surface area contributed by atoms with E-state index >= 15 is 0 Å². The van der Waals surface area contributed by atoms with Gasteiger partial charge in [-0.25, -0.2) is 9.97 Å². The van der Waals surface area contributed by atoms with Gasteiger partial charge in [0.2, 0.25) is 0 Å². The minimum atomic E-state index is 0.168. The van der Waals surface area contributed by atoms with Crippen LogP contribution in [-0.4, -0.2) is 26.0 Å². The SMILES string of the molecule is O=c1c(CN2CCc3nc(-c4ccccc4)ncc3C2)cc2cccc3c2n1CCC3. The number of hydrogen-bond donors (Lipinski definition) is 0. The molecule has 5 heteroatoms. The Morgan fingerprint density at radius 2 is 1.84 bits per heavy atom. The number of rotatable bonds is 3. The Labute approximate surface area is 181 Å². The molecule has 0 bridgehead atoms. The number of nitrogens with zero attached hydrogens (tertiary/aromatic N) is 4. The molecule has 2 aromatic carbocycles. The second-order valence-corrected chi connectivity index (χ2v) is 8.58. The Balaban J connectivity index is 1.28. The van der Waals surface area contributed by atoms with Gasteiger partial charge in [0.15, 0.2) is 5.82 Å². The summed E-state index contributed by atoms with van der Waals surface area (Å²) in [4.78, 5) is 25.0. The smallest absolute Gasteiger partial charge is 0.255 e. The molecule has 0 spiro atoms. The van der Waals surface area contributed by atoms with E-state index in [0.29, 0.717) is 6.54 Å². The van der Waals surface area contributed by atoms with Crippen LogP contribution in [0.15, 0.2) is 65.6 Å². The van der Waals surface area contributed by atoms with Gasteiger partial charge in [-0.2, -0.15) is 0 Å². The van der Waals surface area contributed by atoms with Crippen LogP contribution in [0.3, 0.4) is 0 Å². The predicted molar refractivity (Wildman–Crippen MR) is 122 cm³/mol. The number of para-hydroxylation sites is 1. The lowest BCUT2D eigenvalue weighted by Gasteiger charge is -2.28. The summed E-state index contributed by atoms with van der Waals surface area (Å²) in [5.41, 5.74) is 6.82. The molecule has 0 saturated carbocycles. The average molecular weight is 409 g/mol. The third-order valence-corrected chi connectivity index (χ3v) is 6.54. The molecule has 6 rings (SSSR count). The Morgan fingerprint density at radius 3 is 2.74 bits per heavy atom. The molecule has 0 unspecified atom stereocenters. The van der Waals surface area contributed by atoms with Crippen LogP contribution in [0.4, 0.5) is 0 Å². The summed E-state index contributed by atoms with van der Waals surface area (Å²) >= 11 is 0. The topological polar surface area (TPSA) is 51.0 Å². The maximum Gasteiger partial charge on any atom is 0.255 e. The van der Waals surface area contributed by atoms with E-state index in [2.05, 4.69) is 34.1 Å². The van der Waals surface area contributed by atoms with Gasteiger partial charge in [0.1, 0.15) is 0 Å². The standard InChI is InChI=1S/C26H24N4O/c31-26-21(14-20-9-4-8-18-10-5-12-30(26)24(18)20)16-29-13-11-23-22(17-29)15-27-25(28-23)19-6-2-1-3-7-19/h1-4,6-9,14-15H,5,10-13,16-17H2. The van der Waals surface area contributed by atoms with E-state index in [1.54, 1.807) is 0 Å². The van der Waals surface area contributed by atoms with Crippen molar-refractivity contribution in [3.8, 4) is 11.4 Å². The molecule has 4 heterocycles. The maximum atomic E-state index is 13.2.